The third-order valence-electron chi connectivity index (χ3n) is 2.12. The maximum Gasteiger partial charge on any atom is 0.330 e. The molecule has 1 atom stereocenters. The van der Waals surface area contributed by atoms with Crippen LogP contribution in [-0.2, 0) is 9.53 Å². The van der Waals surface area contributed by atoms with Gasteiger partial charge in [-0.2, -0.15) is 5.26 Å². The van der Waals surface area contributed by atoms with E-state index in [-0.39, 0.29) is 11.3 Å². The Kier molecular flexibility index (Phi) is 4.43. The van der Waals surface area contributed by atoms with Gasteiger partial charge in [0.15, 0.2) is 0 Å². The molecule has 1 aromatic rings. The molecule has 1 rings (SSSR count). The van der Waals surface area contributed by atoms with Gasteiger partial charge in [0, 0.05) is 0 Å². The molecule has 0 amide bonds. The molecular weight excluding hydrogens is 227 g/mol. The van der Waals surface area contributed by atoms with Crippen LogP contribution in [0, 0.1) is 17.1 Å². The number of aliphatic hydroxyl groups excluding tert-OH is 1. The Labute approximate surface area is 97.4 Å². The Hall–Kier alpha value is -2.13. The predicted molar refractivity (Wildman–Crippen MR) is 57.6 cm³/mol. The third-order valence-corrected chi connectivity index (χ3v) is 2.12. The van der Waals surface area contributed by atoms with E-state index >= 15 is 0 Å². The minimum absolute atomic E-state index is 0.136. The highest BCUT2D eigenvalue weighted by Crippen LogP contribution is 2.18. The summed E-state index contributed by atoms with van der Waals surface area (Å²) >= 11 is 0. The normalized spacial score (nSPS) is 11.4. The van der Waals surface area contributed by atoms with Crippen LogP contribution in [-0.4, -0.2) is 30.8 Å². The van der Waals surface area contributed by atoms with E-state index in [1.165, 1.54) is 19.2 Å². The highest BCUT2D eigenvalue weighted by molar-refractivity contribution is 5.80. The first-order valence-corrected chi connectivity index (χ1v) is 4.77. The second kappa shape index (κ2) is 5.82. The van der Waals surface area contributed by atoms with Crippen LogP contribution in [0.1, 0.15) is 5.56 Å². The molecule has 2 N–H and O–H groups in total. The summed E-state index contributed by atoms with van der Waals surface area (Å²) in [6.45, 7) is -0.520. The number of ether oxygens (including phenoxy) is 1. The van der Waals surface area contributed by atoms with E-state index < -0.39 is 24.4 Å². The Balaban J connectivity index is 2.98. The molecule has 5 nitrogen and oxygen atoms in total. The summed E-state index contributed by atoms with van der Waals surface area (Å²) in [5.74, 6) is -1.39. The molecule has 1 aromatic carbocycles. The first-order valence-electron chi connectivity index (χ1n) is 4.77. The van der Waals surface area contributed by atoms with E-state index in [0.717, 1.165) is 6.07 Å². The van der Waals surface area contributed by atoms with Crippen LogP contribution in [0.25, 0.3) is 0 Å². The molecular formula is C11H11FN2O3. The second-order valence-corrected chi connectivity index (χ2v) is 3.18. The number of esters is 1. The number of aliphatic hydroxyl groups is 1. The summed E-state index contributed by atoms with van der Waals surface area (Å²) in [5, 5.41) is 20.3. The molecule has 1 unspecified atom stereocenters. The van der Waals surface area contributed by atoms with Crippen LogP contribution in [0.5, 0.6) is 0 Å². The van der Waals surface area contributed by atoms with Gasteiger partial charge in [-0.05, 0) is 12.1 Å². The SMILES string of the molecule is COC(=O)C(CO)Nc1cccc(F)c1C#N. The molecule has 90 valence electrons. The molecule has 0 bridgehead atoms. The van der Waals surface area contributed by atoms with Gasteiger partial charge in [-0.15, -0.1) is 0 Å². The fourth-order valence-electron chi connectivity index (χ4n) is 1.27. The molecule has 6 heteroatoms. The minimum Gasteiger partial charge on any atom is -0.467 e. The van der Waals surface area contributed by atoms with E-state index in [2.05, 4.69) is 10.1 Å². The van der Waals surface area contributed by atoms with Crippen molar-refractivity contribution in [3.8, 4) is 6.07 Å². The second-order valence-electron chi connectivity index (χ2n) is 3.18. The van der Waals surface area contributed by atoms with Crippen molar-refractivity contribution >= 4 is 11.7 Å². The lowest BCUT2D eigenvalue weighted by Gasteiger charge is -2.16. The van der Waals surface area contributed by atoms with Gasteiger partial charge >= 0.3 is 5.97 Å². The zero-order chi connectivity index (χ0) is 12.8. The maximum absolute atomic E-state index is 13.2. The van der Waals surface area contributed by atoms with Crippen molar-refractivity contribution in [2.24, 2.45) is 0 Å². The van der Waals surface area contributed by atoms with E-state index in [1.54, 1.807) is 6.07 Å². The van der Waals surface area contributed by atoms with Gasteiger partial charge in [-0.25, -0.2) is 9.18 Å². The Bertz CT molecular complexity index is 457. The van der Waals surface area contributed by atoms with Crippen molar-refractivity contribution in [2.45, 2.75) is 6.04 Å². The number of rotatable bonds is 4. The number of benzene rings is 1. The number of nitrogens with one attached hydrogen (secondary N) is 1. The molecule has 0 aliphatic heterocycles. The number of methoxy groups -OCH3 is 1. The zero-order valence-corrected chi connectivity index (χ0v) is 9.11. The Morgan fingerprint density at radius 2 is 2.41 bits per heavy atom. The lowest BCUT2D eigenvalue weighted by atomic mass is 10.1. The first kappa shape index (κ1) is 12.9. The van der Waals surface area contributed by atoms with Crippen LogP contribution in [0.2, 0.25) is 0 Å². The third kappa shape index (κ3) is 2.92. The zero-order valence-electron chi connectivity index (χ0n) is 9.11. The Morgan fingerprint density at radius 3 is 2.94 bits per heavy atom. The van der Waals surface area contributed by atoms with Crippen molar-refractivity contribution in [3.63, 3.8) is 0 Å². The van der Waals surface area contributed by atoms with Gasteiger partial charge in [0.05, 0.1) is 19.4 Å². The van der Waals surface area contributed by atoms with Crippen molar-refractivity contribution in [3.05, 3.63) is 29.6 Å². The minimum atomic E-state index is -1.03. The number of carbonyl (C=O) groups is 1. The molecule has 0 aromatic heterocycles. The average molecular weight is 238 g/mol. The van der Waals surface area contributed by atoms with Crippen LogP contribution < -0.4 is 5.32 Å². The summed E-state index contributed by atoms with van der Waals surface area (Å²) in [6, 6.07) is 4.61. The van der Waals surface area contributed by atoms with E-state index in [0.29, 0.717) is 0 Å². The number of halogens is 1. The van der Waals surface area contributed by atoms with Gasteiger partial charge in [0.2, 0.25) is 0 Å². The lowest BCUT2D eigenvalue weighted by molar-refractivity contribution is -0.142. The number of nitriles is 1. The van der Waals surface area contributed by atoms with Crippen LogP contribution >= 0.6 is 0 Å². The number of anilines is 1. The predicted octanol–water partition coefficient (Wildman–Crippen LogP) is 0.643. The summed E-state index contributed by atoms with van der Waals surface area (Å²) < 4.78 is 17.7. The number of hydrogen-bond acceptors (Lipinski definition) is 5. The van der Waals surface area contributed by atoms with Crippen LogP contribution in [0.3, 0.4) is 0 Å². The van der Waals surface area contributed by atoms with Gasteiger partial charge in [0.25, 0.3) is 0 Å². The van der Waals surface area contributed by atoms with Crippen molar-refractivity contribution in [1.82, 2.24) is 0 Å². The molecule has 17 heavy (non-hydrogen) atoms. The smallest absolute Gasteiger partial charge is 0.330 e. The molecule has 0 radical (unpaired) electrons. The van der Waals surface area contributed by atoms with Crippen LogP contribution in [0.4, 0.5) is 10.1 Å². The summed E-state index contributed by atoms with van der Waals surface area (Å²) in [6.07, 6.45) is 0. The van der Waals surface area contributed by atoms with Crippen molar-refractivity contribution < 1.29 is 19.0 Å². The fraction of sp³-hybridized carbons (Fsp3) is 0.273. The molecule has 0 saturated heterocycles. The Morgan fingerprint density at radius 1 is 1.71 bits per heavy atom. The quantitative estimate of drug-likeness (QED) is 0.752. The van der Waals surface area contributed by atoms with E-state index in [1.807, 2.05) is 0 Å². The first-order chi connectivity index (χ1) is 8.13. The largest absolute Gasteiger partial charge is 0.467 e. The molecule has 0 aliphatic rings. The molecule has 0 aliphatic carbocycles. The number of hydrogen-bond donors (Lipinski definition) is 2. The van der Waals surface area contributed by atoms with E-state index in [9.17, 15) is 9.18 Å². The molecule has 0 heterocycles. The lowest BCUT2D eigenvalue weighted by Crippen LogP contribution is -2.34. The highest BCUT2D eigenvalue weighted by Gasteiger charge is 2.19. The van der Waals surface area contributed by atoms with Gasteiger partial charge in [-0.1, -0.05) is 6.07 Å². The summed E-state index contributed by atoms with van der Waals surface area (Å²) in [5.41, 5.74) is -0.0770. The van der Waals surface area contributed by atoms with E-state index in [4.69, 9.17) is 10.4 Å². The van der Waals surface area contributed by atoms with Crippen LogP contribution in [0.15, 0.2) is 18.2 Å². The van der Waals surface area contributed by atoms with Crippen molar-refractivity contribution in [2.75, 3.05) is 19.0 Å². The topological polar surface area (TPSA) is 82.3 Å². The molecule has 0 spiro atoms. The van der Waals surface area contributed by atoms with Gasteiger partial charge in [-0.3, -0.25) is 0 Å². The molecule has 0 fully saturated rings. The fourth-order valence-corrected chi connectivity index (χ4v) is 1.27. The summed E-state index contributed by atoms with van der Waals surface area (Å²) in [7, 11) is 1.17. The average Bonchev–Trinajstić information content (AvgIpc) is 2.35. The number of carbonyl (C=O) groups excluding carboxylic acids is 1. The summed E-state index contributed by atoms with van der Waals surface area (Å²) in [4.78, 5) is 11.2. The van der Waals surface area contributed by atoms with Gasteiger partial charge < -0.3 is 15.2 Å². The highest BCUT2D eigenvalue weighted by atomic mass is 19.1. The standard InChI is InChI=1S/C11H11FN2O3/c1-17-11(16)10(6-15)14-9-4-2-3-8(12)7(9)5-13/h2-4,10,14-15H,6H2,1H3. The van der Waals surface area contributed by atoms with Crippen molar-refractivity contribution in [1.29, 1.82) is 5.26 Å². The number of nitrogens with zero attached hydrogens (tertiary/aromatic N) is 1. The maximum atomic E-state index is 13.2. The molecule has 0 saturated carbocycles. The van der Waals surface area contributed by atoms with Gasteiger partial charge in [0.1, 0.15) is 23.5 Å². The monoisotopic (exact) mass is 238 g/mol.